The molecular formula is C13H15N3O3S. The third-order valence-electron chi connectivity index (χ3n) is 2.60. The third-order valence-corrected chi connectivity index (χ3v) is 4.12. The van der Waals surface area contributed by atoms with Crippen LogP contribution in [0.5, 0.6) is 0 Å². The number of hydrogen-bond donors (Lipinski definition) is 1. The molecule has 0 saturated carbocycles. The molecule has 0 spiro atoms. The minimum Gasteiger partial charge on any atom is -0.480 e. The molecule has 0 amide bonds. The van der Waals surface area contributed by atoms with Crippen LogP contribution in [0.25, 0.3) is 11.5 Å². The van der Waals surface area contributed by atoms with Gasteiger partial charge in [-0.2, -0.15) is 4.98 Å². The molecule has 1 atom stereocenters. The van der Waals surface area contributed by atoms with E-state index in [0.29, 0.717) is 23.2 Å². The maximum atomic E-state index is 11.1. The predicted octanol–water partition coefficient (Wildman–Crippen LogP) is 2.47. The van der Waals surface area contributed by atoms with Gasteiger partial charge in [-0.25, -0.2) is 0 Å². The Hall–Kier alpha value is -1.89. The van der Waals surface area contributed by atoms with E-state index < -0.39 is 11.2 Å². The van der Waals surface area contributed by atoms with Gasteiger partial charge in [0.1, 0.15) is 10.9 Å². The van der Waals surface area contributed by atoms with E-state index in [9.17, 15) is 4.79 Å². The molecule has 0 bridgehead atoms. The van der Waals surface area contributed by atoms with E-state index in [-0.39, 0.29) is 5.92 Å². The summed E-state index contributed by atoms with van der Waals surface area (Å²) in [7, 11) is 0. The zero-order chi connectivity index (χ0) is 14.5. The minimum atomic E-state index is -0.825. The van der Waals surface area contributed by atoms with Crippen LogP contribution in [0.15, 0.2) is 28.9 Å². The highest BCUT2D eigenvalue weighted by molar-refractivity contribution is 7.99. The van der Waals surface area contributed by atoms with Gasteiger partial charge in [0.2, 0.25) is 11.7 Å². The summed E-state index contributed by atoms with van der Waals surface area (Å²) in [5.74, 6) is 0.403. The number of aromatic nitrogens is 3. The number of pyridine rings is 1. The molecule has 0 fully saturated rings. The van der Waals surface area contributed by atoms with Crippen molar-refractivity contribution in [3.8, 4) is 11.5 Å². The van der Waals surface area contributed by atoms with Crippen LogP contribution in [0.2, 0.25) is 0 Å². The smallest absolute Gasteiger partial charge is 0.316 e. The number of nitrogens with zero attached hydrogens (tertiary/aromatic N) is 3. The van der Waals surface area contributed by atoms with Crippen LogP contribution in [-0.4, -0.2) is 31.5 Å². The molecule has 0 aliphatic heterocycles. The van der Waals surface area contributed by atoms with Crippen LogP contribution < -0.4 is 0 Å². The van der Waals surface area contributed by atoms with Crippen molar-refractivity contribution in [2.75, 3.05) is 0 Å². The average molecular weight is 293 g/mol. The Bertz CT molecular complexity index is 571. The molecule has 0 aromatic carbocycles. The maximum Gasteiger partial charge on any atom is 0.316 e. The van der Waals surface area contributed by atoms with Crippen molar-refractivity contribution < 1.29 is 14.4 Å². The van der Waals surface area contributed by atoms with Gasteiger partial charge in [-0.05, 0) is 18.1 Å². The monoisotopic (exact) mass is 293 g/mol. The molecule has 7 heteroatoms. The lowest BCUT2D eigenvalue weighted by molar-refractivity contribution is -0.137. The highest BCUT2D eigenvalue weighted by Gasteiger charge is 2.23. The fraction of sp³-hybridized carbons (Fsp3) is 0.385. The van der Waals surface area contributed by atoms with Crippen molar-refractivity contribution in [3.63, 3.8) is 0 Å². The van der Waals surface area contributed by atoms with Crippen LogP contribution in [-0.2, 0) is 10.5 Å². The molecule has 0 saturated heterocycles. The number of thioether (sulfide) groups is 1. The Labute approximate surface area is 120 Å². The second-order valence-corrected chi connectivity index (χ2v) is 5.67. The summed E-state index contributed by atoms with van der Waals surface area (Å²) in [6, 6.07) is 5.43. The normalized spacial score (nSPS) is 12.6. The summed E-state index contributed by atoms with van der Waals surface area (Å²) in [4.78, 5) is 19.4. The van der Waals surface area contributed by atoms with E-state index in [0.717, 1.165) is 0 Å². The molecule has 2 heterocycles. The Morgan fingerprint density at radius 1 is 1.45 bits per heavy atom. The van der Waals surface area contributed by atoms with Crippen LogP contribution in [0.1, 0.15) is 19.7 Å². The van der Waals surface area contributed by atoms with Gasteiger partial charge in [-0.1, -0.05) is 25.1 Å². The molecule has 2 rings (SSSR count). The van der Waals surface area contributed by atoms with Gasteiger partial charge < -0.3 is 9.63 Å². The van der Waals surface area contributed by atoms with Crippen LogP contribution in [0, 0.1) is 5.92 Å². The molecule has 2 aromatic rings. The molecule has 106 valence electrons. The Balaban J connectivity index is 2.02. The van der Waals surface area contributed by atoms with E-state index in [2.05, 4.69) is 15.1 Å². The second-order valence-electron chi connectivity index (χ2n) is 4.54. The fourth-order valence-electron chi connectivity index (χ4n) is 1.62. The minimum absolute atomic E-state index is 0.0377. The van der Waals surface area contributed by atoms with E-state index in [1.165, 1.54) is 11.8 Å². The quantitative estimate of drug-likeness (QED) is 0.875. The van der Waals surface area contributed by atoms with Crippen molar-refractivity contribution in [2.24, 2.45) is 5.92 Å². The summed E-state index contributed by atoms with van der Waals surface area (Å²) in [5.41, 5.74) is 0.631. The lowest BCUT2D eigenvalue weighted by Crippen LogP contribution is -2.22. The second kappa shape index (κ2) is 6.51. The molecule has 0 aliphatic rings. The van der Waals surface area contributed by atoms with Crippen molar-refractivity contribution in [1.29, 1.82) is 0 Å². The molecule has 1 N–H and O–H groups in total. The summed E-state index contributed by atoms with van der Waals surface area (Å²) in [5, 5.41) is 12.5. The van der Waals surface area contributed by atoms with E-state index in [1.54, 1.807) is 18.3 Å². The first-order chi connectivity index (χ1) is 9.58. The number of carbonyl (C=O) groups is 1. The zero-order valence-electron chi connectivity index (χ0n) is 11.2. The summed E-state index contributed by atoms with van der Waals surface area (Å²) < 4.78 is 5.11. The Morgan fingerprint density at radius 2 is 2.25 bits per heavy atom. The molecule has 0 radical (unpaired) electrons. The number of aliphatic carboxylic acids is 1. The van der Waals surface area contributed by atoms with Gasteiger partial charge in [-0.3, -0.25) is 9.78 Å². The van der Waals surface area contributed by atoms with Crippen LogP contribution in [0.4, 0.5) is 0 Å². The van der Waals surface area contributed by atoms with Crippen molar-refractivity contribution >= 4 is 17.7 Å². The third kappa shape index (κ3) is 3.57. The van der Waals surface area contributed by atoms with Crippen LogP contribution >= 0.6 is 11.8 Å². The standard InChI is InChI=1S/C13H15N3O3S/c1-8(2)11(13(17)18)20-7-10-15-12(16-19-10)9-5-3-4-6-14-9/h3-6,8,11H,7H2,1-2H3,(H,17,18). The van der Waals surface area contributed by atoms with Gasteiger partial charge in [0.15, 0.2) is 0 Å². The van der Waals surface area contributed by atoms with Gasteiger partial charge in [0, 0.05) is 6.20 Å². The number of carboxylic acid groups (broad SMARTS) is 1. The summed E-state index contributed by atoms with van der Waals surface area (Å²) in [6.45, 7) is 3.75. The van der Waals surface area contributed by atoms with E-state index >= 15 is 0 Å². The Kier molecular flexibility index (Phi) is 4.73. The SMILES string of the molecule is CC(C)C(SCc1nc(-c2ccccn2)no1)C(=O)O. The number of carboxylic acids is 1. The molecule has 0 aliphatic carbocycles. The fourth-order valence-corrected chi connectivity index (χ4v) is 2.59. The maximum absolute atomic E-state index is 11.1. The zero-order valence-corrected chi connectivity index (χ0v) is 12.0. The van der Waals surface area contributed by atoms with Crippen molar-refractivity contribution in [2.45, 2.75) is 24.9 Å². The van der Waals surface area contributed by atoms with Crippen LogP contribution in [0.3, 0.4) is 0 Å². The molecule has 20 heavy (non-hydrogen) atoms. The number of hydrogen-bond acceptors (Lipinski definition) is 6. The van der Waals surface area contributed by atoms with Crippen molar-refractivity contribution in [3.05, 3.63) is 30.3 Å². The largest absolute Gasteiger partial charge is 0.480 e. The van der Waals surface area contributed by atoms with E-state index in [4.69, 9.17) is 9.63 Å². The van der Waals surface area contributed by atoms with Crippen molar-refractivity contribution in [1.82, 2.24) is 15.1 Å². The summed E-state index contributed by atoms with van der Waals surface area (Å²) >= 11 is 1.28. The lowest BCUT2D eigenvalue weighted by Gasteiger charge is -2.13. The molecule has 1 unspecified atom stereocenters. The molecular weight excluding hydrogens is 278 g/mol. The van der Waals surface area contributed by atoms with Gasteiger partial charge >= 0.3 is 5.97 Å². The first-order valence-electron chi connectivity index (χ1n) is 6.16. The predicted molar refractivity (Wildman–Crippen MR) is 75.1 cm³/mol. The van der Waals surface area contributed by atoms with Gasteiger partial charge in [0.05, 0.1) is 5.75 Å². The Morgan fingerprint density at radius 3 is 2.85 bits per heavy atom. The first kappa shape index (κ1) is 14.5. The first-order valence-corrected chi connectivity index (χ1v) is 7.21. The lowest BCUT2D eigenvalue weighted by atomic mass is 10.1. The topological polar surface area (TPSA) is 89.1 Å². The molecule has 2 aromatic heterocycles. The van der Waals surface area contributed by atoms with Gasteiger partial charge in [0.25, 0.3) is 0 Å². The highest BCUT2D eigenvalue weighted by Crippen LogP contribution is 2.24. The molecule has 6 nitrogen and oxygen atoms in total. The van der Waals surface area contributed by atoms with Gasteiger partial charge in [-0.15, -0.1) is 11.8 Å². The average Bonchev–Trinajstić information content (AvgIpc) is 2.88. The van der Waals surface area contributed by atoms with E-state index in [1.807, 2.05) is 19.9 Å². The highest BCUT2D eigenvalue weighted by atomic mass is 32.2. The number of rotatable bonds is 6. The summed E-state index contributed by atoms with van der Waals surface area (Å²) in [6.07, 6.45) is 1.65.